The molecule has 2 aromatic heterocycles. The number of hydrogen-bond acceptors (Lipinski definition) is 3. The predicted molar refractivity (Wildman–Crippen MR) is 52.9 cm³/mol. The lowest BCUT2D eigenvalue weighted by atomic mass is 10.1. The number of carbonyl (C=O) groups is 1. The van der Waals surface area contributed by atoms with Crippen LogP contribution in [-0.2, 0) is 0 Å². The van der Waals surface area contributed by atoms with E-state index >= 15 is 0 Å². The highest BCUT2D eigenvalue weighted by molar-refractivity contribution is 7.08. The van der Waals surface area contributed by atoms with Crippen LogP contribution in [0.5, 0.6) is 0 Å². The molecule has 0 amide bonds. The largest absolute Gasteiger partial charge is 0.298 e. The molecular weight excluding hydrogens is 182 g/mol. The Balaban J connectivity index is 2.52. The first-order chi connectivity index (χ1) is 6.42. The Morgan fingerprint density at radius 1 is 1.31 bits per heavy atom. The van der Waals surface area contributed by atoms with E-state index in [2.05, 4.69) is 4.98 Å². The van der Waals surface area contributed by atoms with Crippen molar-refractivity contribution in [3.05, 3.63) is 40.7 Å². The number of aromatic nitrogens is 1. The quantitative estimate of drug-likeness (QED) is 0.680. The number of thiophene rings is 1. The summed E-state index contributed by atoms with van der Waals surface area (Å²) in [6.45, 7) is 0. The van der Waals surface area contributed by atoms with Gasteiger partial charge in [0.05, 0.1) is 5.69 Å². The molecule has 2 nitrogen and oxygen atoms in total. The molecule has 0 radical (unpaired) electrons. The fraction of sp³-hybridized carbons (Fsp3) is 0. The SMILES string of the molecule is O=Cc1cscc1-c1ccccn1. The second-order valence-electron chi connectivity index (χ2n) is 2.57. The first-order valence-electron chi connectivity index (χ1n) is 3.84. The molecule has 0 bridgehead atoms. The summed E-state index contributed by atoms with van der Waals surface area (Å²) in [6.07, 6.45) is 2.59. The molecule has 0 atom stereocenters. The van der Waals surface area contributed by atoms with Crippen LogP contribution in [-0.4, -0.2) is 11.3 Å². The van der Waals surface area contributed by atoms with Gasteiger partial charge in [0.25, 0.3) is 0 Å². The number of carbonyl (C=O) groups excluding carboxylic acids is 1. The third-order valence-electron chi connectivity index (χ3n) is 1.76. The monoisotopic (exact) mass is 189 g/mol. The fourth-order valence-electron chi connectivity index (χ4n) is 1.13. The third-order valence-corrected chi connectivity index (χ3v) is 2.52. The highest BCUT2D eigenvalue weighted by Gasteiger charge is 2.05. The summed E-state index contributed by atoms with van der Waals surface area (Å²) in [5.74, 6) is 0. The van der Waals surface area contributed by atoms with E-state index in [9.17, 15) is 4.79 Å². The summed E-state index contributed by atoms with van der Waals surface area (Å²) in [4.78, 5) is 14.8. The van der Waals surface area contributed by atoms with Gasteiger partial charge in [-0.05, 0) is 12.1 Å². The number of pyridine rings is 1. The average molecular weight is 189 g/mol. The van der Waals surface area contributed by atoms with Gasteiger partial charge in [-0.15, -0.1) is 0 Å². The number of hydrogen-bond donors (Lipinski definition) is 0. The van der Waals surface area contributed by atoms with Crippen LogP contribution in [0.15, 0.2) is 35.2 Å². The van der Waals surface area contributed by atoms with Crippen LogP contribution in [0.3, 0.4) is 0 Å². The third kappa shape index (κ3) is 1.51. The van der Waals surface area contributed by atoms with E-state index < -0.39 is 0 Å². The zero-order valence-corrected chi connectivity index (χ0v) is 7.62. The second kappa shape index (κ2) is 3.49. The van der Waals surface area contributed by atoms with Gasteiger partial charge in [-0.3, -0.25) is 9.78 Å². The minimum atomic E-state index is 0.712. The van der Waals surface area contributed by atoms with Crippen molar-refractivity contribution in [2.75, 3.05) is 0 Å². The summed E-state index contributed by atoms with van der Waals surface area (Å²) in [5.41, 5.74) is 2.48. The van der Waals surface area contributed by atoms with Crippen LogP contribution >= 0.6 is 11.3 Å². The Morgan fingerprint density at radius 3 is 2.92 bits per heavy atom. The molecule has 0 saturated carbocycles. The molecule has 0 saturated heterocycles. The summed E-state index contributed by atoms with van der Waals surface area (Å²) >= 11 is 1.51. The minimum absolute atomic E-state index is 0.712. The molecule has 2 heterocycles. The Labute approximate surface area is 79.9 Å². The average Bonchev–Trinajstić information content (AvgIpc) is 2.67. The number of rotatable bonds is 2. The Kier molecular flexibility index (Phi) is 2.19. The molecule has 0 aromatic carbocycles. The van der Waals surface area contributed by atoms with Gasteiger partial charge in [-0.1, -0.05) is 6.07 Å². The van der Waals surface area contributed by atoms with Crippen molar-refractivity contribution in [1.29, 1.82) is 0 Å². The molecule has 64 valence electrons. The molecule has 2 rings (SSSR count). The van der Waals surface area contributed by atoms with Gasteiger partial charge in [0.15, 0.2) is 6.29 Å². The molecule has 0 aliphatic carbocycles. The van der Waals surface area contributed by atoms with Gasteiger partial charge >= 0.3 is 0 Å². The van der Waals surface area contributed by atoms with E-state index in [1.807, 2.05) is 29.0 Å². The van der Waals surface area contributed by atoms with Crippen molar-refractivity contribution in [3.8, 4) is 11.3 Å². The zero-order valence-electron chi connectivity index (χ0n) is 6.81. The molecule has 0 spiro atoms. The van der Waals surface area contributed by atoms with E-state index in [4.69, 9.17) is 0 Å². The van der Waals surface area contributed by atoms with Gasteiger partial charge in [-0.25, -0.2) is 0 Å². The first-order valence-corrected chi connectivity index (χ1v) is 4.79. The normalized spacial score (nSPS) is 9.85. The summed E-state index contributed by atoms with van der Waals surface area (Å²) < 4.78 is 0. The smallest absolute Gasteiger partial charge is 0.151 e. The van der Waals surface area contributed by atoms with E-state index in [0.29, 0.717) is 5.56 Å². The van der Waals surface area contributed by atoms with Crippen molar-refractivity contribution in [2.24, 2.45) is 0 Å². The lowest BCUT2D eigenvalue weighted by molar-refractivity contribution is 0.112. The molecule has 13 heavy (non-hydrogen) atoms. The van der Waals surface area contributed by atoms with Crippen LogP contribution < -0.4 is 0 Å². The highest BCUT2D eigenvalue weighted by atomic mass is 32.1. The van der Waals surface area contributed by atoms with Crippen LogP contribution in [0.1, 0.15) is 10.4 Å². The minimum Gasteiger partial charge on any atom is -0.298 e. The van der Waals surface area contributed by atoms with Crippen molar-refractivity contribution in [3.63, 3.8) is 0 Å². The second-order valence-corrected chi connectivity index (χ2v) is 3.32. The van der Waals surface area contributed by atoms with Gasteiger partial charge < -0.3 is 0 Å². The van der Waals surface area contributed by atoms with E-state index in [1.54, 1.807) is 6.20 Å². The van der Waals surface area contributed by atoms with Gasteiger partial charge in [-0.2, -0.15) is 11.3 Å². The van der Waals surface area contributed by atoms with Crippen LogP contribution in [0.2, 0.25) is 0 Å². The summed E-state index contributed by atoms with van der Waals surface area (Å²) in [5, 5.41) is 3.77. The molecule has 0 aliphatic rings. The molecule has 2 aromatic rings. The maximum Gasteiger partial charge on any atom is 0.151 e. The Bertz CT molecular complexity index is 408. The number of aldehydes is 1. The van der Waals surface area contributed by atoms with Gasteiger partial charge in [0, 0.05) is 28.1 Å². The maximum atomic E-state index is 10.6. The topological polar surface area (TPSA) is 30.0 Å². The van der Waals surface area contributed by atoms with Crippen LogP contribution in [0, 0.1) is 0 Å². The lowest BCUT2D eigenvalue weighted by Gasteiger charge is -1.96. The molecule has 0 unspecified atom stereocenters. The molecule has 0 fully saturated rings. The standard InChI is InChI=1S/C10H7NOS/c12-5-8-6-13-7-9(8)10-3-1-2-4-11-10/h1-7H. The Morgan fingerprint density at radius 2 is 2.23 bits per heavy atom. The molecule has 3 heteroatoms. The van der Waals surface area contributed by atoms with Crippen LogP contribution in [0.4, 0.5) is 0 Å². The number of nitrogens with zero attached hydrogens (tertiary/aromatic N) is 1. The first kappa shape index (κ1) is 8.13. The highest BCUT2D eigenvalue weighted by Crippen LogP contribution is 2.23. The fourth-order valence-corrected chi connectivity index (χ4v) is 1.92. The van der Waals surface area contributed by atoms with Gasteiger partial charge in [0.2, 0.25) is 0 Å². The van der Waals surface area contributed by atoms with E-state index in [1.165, 1.54) is 11.3 Å². The Hall–Kier alpha value is -1.48. The van der Waals surface area contributed by atoms with Crippen LogP contribution in [0.25, 0.3) is 11.3 Å². The van der Waals surface area contributed by atoms with Crippen molar-refractivity contribution in [2.45, 2.75) is 0 Å². The predicted octanol–water partition coefficient (Wildman–Crippen LogP) is 2.62. The zero-order chi connectivity index (χ0) is 9.10. The summed E-state index contributed by atoms with van der Waals surface area (Å²) in [7, 11) is 0. The van der Waals surface area contributed by atoms with Crippen molar-refractivity contribution in [1.82, 2.24) is 4.98 Å². The van der Waals surface area contributed by atoms with Crippen molar-refractivity contribution < 1.29 is 4.79 Å². The van der Waals surface area contributed by atoms with Gasteiger partial charge in [0.1, 0.15) is 0 Å². The lowest BCUT2D eigenvalue weighted by Crippen LogP contribution is -1.83. The molecular formula is C10H7NOS. The van der Waals surface area contributed by atoms with Crippen molar-refractivity contribution >= 4 is 17.6 Å². The molecule has 0 aliphatic heterocycles. The van der Waals surface area contributed by atoms with E-state index in [0.717, 1.165) is 17.5 Å². The summed E-state index contributed by atoms with van der Waals surface area (Å²) in [6, 6.07) is 5.67. The molecule has 0 N–H and O–H groups in total. The maximum absolute atomic E-state index is 10.6. The van der Waals surface area contributed by atoms with E-state index in [-0.39, 0.29) is 0 Å².